The van der Waals surface area contributed by atoms with Crippen molar-refractivity contribution >= 4 is 17.4 Å². The van der Waals surface area contributed by atoms with Crippen LogP contribution in [0.25, 0.3) is 11.3 Å². The number of carbonyl (C=O) groups is 1. The van der Waals surface area contributed by atoms with Crippen molar-refractivity contribution in [2.45, 2.75) is 6.18 Å². The number of amides is 2. The second-order valence-electron chi connectivity index (χ2n) is 7.23. The van der Waals surface area contributed by atoms with E-state index < -0.39 is 34.8 Å². The summed E-state index contributed by atoms with van der Waals surface area (Å²) in [4.78, 5) is 30.0. The van der Waals surface area contributed by atoms with E-state index in [9.17, 15) is 27.2 Å². The maximum Gasteiger partial charge on any atom is 0.417 e. The first kappa shape index (κ1) is 23.5. The zero-order valence-corrected chi connectivity index (χ0v) is 17.9. The molecule has 1 aromatic carbocycles. The van der Waals surface area contributed by atoms with Gasteiger partial charge in [0.2, 0.25) is 0 Å². The monoisotopic (exact) mass is 488 g/mol. The molecule has 0 unspecified atom stereocenters. The SMILES string of the molecule is Cn1cc(-c2cc(Oc3ccc(NC(=O)Nc4cc(C(F)(F)F)c[nH]c4=O)c(F)c3)ccn2)cn1. The summed E-state index contributed by atoms with van der Waals surface area (Å²) in [5, 5.41) is 8.18. The maximum atomic E-state index is 14.5. The number of pyridine rings is 2. The molecule has 0 aliphatic carbocycles. The number of anilines is 2. The van der Waals surface area contributed by atoms with Crippen molar-refractivity contribution in [1.82, 2.24) is 19.7 Å². The standard InChI is InChI=1S/C22H16F4N6O3/c1-32-11-12(9-29-32)18-8-15(4-5-27-18)35-14-2-3-17(16(23)7-14)30-21(34)31-19-6-13(22(24,25)26)10-28-20(19)33/h2-11H,1H3,(H,28,33)(H2,30,31,34). The molecule has 4 aromatic rings. The summed E-state index contributed by atoms with van der Waals surface area (Å²) in [6.45, 7) is 0. The fourth-order valence-corrected chi connectivity index (χ4v) is 3.00. The Kier molecular flexibility index (Phi) is 6.23. The highest BCUT2D eigenvalue weighted by molar-refractivity contribution is 5.99. The largest absolute Gasteiger partial charge is 0.457 e. The van der Waals surface area contributed by atoms with Crippen molar-refractivity contribution < 1.29 is 27.1 Å². The molecule has 35 heavy (non-hydrogen) atoms. The summed E-state index contributed by atoms with van der Waals surface area (Å²) in [6.07, 6.45) is 0.664. The molecule has 0 fully saturated rings. The van der Waals surface area contributed by atoms with E-state index in [0.29, 0.717) is 23.7 Å². The number of H-pyrrole nitrogens is 1. The Bertz CT molecular complexity index is 1450. The number of nitrogens with zero attached hydrogens (tertiary/aromatic N) is 3. The fraction of sp³-hybridized carbons (Fsp3) is 0.0909. The number of urea groups is 1. The van der Waals surface area contributed by atoms with Crippen molar-refractivity contribution in [3.05, 3.63) is 82.9 Å². The van der Waals surface area contributed by atoms with Crippen molar-refractivity contribution in [2.24, 2.45) is 7.05 Å². The van der Waals surface area contributed by atoms with Gasteiger partial charge in [-0.3, -0.25) is 14.5 Å². The van der Waals surface area contributed by atoms with Gasteiger partial charge in [0.1, 0.15) is 23.0 Å². The highest BCUT2D eigenvalue weighted by atomic mass is 19.4. The molecule has 0 atom stereocenters. The van der Waals surface area contributed by atoms with E-state index in [1.54, 1.807) is 36.3 Å². The van der Waals surface area contributed by atoms with Gasteiger partial charge in [0.25, 0.3) is 5.56 Å². The Morgan fingerprint density at radius 3 is 2.51 bits per heavy atom. The van der Waals surface area contributed by atoms with Gasteiger partial charge in [0, 0.05) is 43.3 Å². The Hall–Kier alpha value is -4.68. The lowest BCUT2D eigenvalue weighted by molar-refractivity contribution is -0.137. The van der Waals surface area contributed by atoms with Gasteiger partial charge in [-0.2, -0.15) is 18.3 Å². The summed E-state index contributed by atoms with van der Waals surface area (Å²) < 4.78 is 60.3. The van der Waals surface area contributed by atoms with Gasteiger partial charge in [0.05, 0.1) is 23.1 Å². The molecule has 0 radical (unpaired) electrons. The van der Waals surface area contributed by atoms with Gasteiger partial charge >= 0.3 is 12.2 Å². The van der Waals surface area contributed by atoms with Crippen LogP contribution in [0.2, 0.25) is 0 Å². The molecule has 9 nitrogen and oxygen atoms in total. The van der Waals surface area contributed by atoms with E-state index >= 15 is 0 Å². The first-order chi connectivity index (χ1) is 16.6. The average Bonchev–Trinajstić information content (AvgIpc) is 3.23. The Labute approximate surface area is 194 Å². The number of benzene rings is 1. The van der Waals surface area contributed by atoms with Crippen molar-refractivity contribution in [1.29, 1.82) is 0 Å². The predicted octanol–water partition coefficient (Wildman–Crippen LogP) is 4.76. The van der Waals surface area contributed by atoms with Gasteiger partial charge < -0.3 is 20.4 Å². The minimum Gasteiger partial charge on any atom is -0.457 e. The number of hydrogen-bond donors (Lipinski definition) is 3. The highest BCUT2D eigenvalue weighted by Crippen LogP contribution is 2.30. The third-order valence-corrected chi connectivity index (χ3v) is 4.64. The van der Waals surface area contributed by atoms with Crippen molar-refractivity contribution in [3.63, 3.8) is 0 Å². The number of alkyl halides is 3. The zero-order chi connectivity index (χ0) is 25.2. The molecule has 0 spiro atoms. The number of carbonyl (C=O) groups excluding carboxylic acids is 1. The molecule has 0 saturated carbocycles. The van der Waals surface area contributed by atoms with E-state index in [0.717, 1.165) is 11.6 Å². The van der Waals surface area contributed by atoms with Gasteiger partial charge in [0.15, 0.2) is 0 Å². The summed E-state index contributed by atoms with van der Waals surface area (Å²) in [7, 11) is 1.76. The lowest BCUT2D eigenvalue weighted by Crippen LogP contribution is -2.25. The third-order valence-electron chi connectivity index (χ3n) is 4.64. The minimum absolute atomic E-state index is 0.117. The Balaban J connectivity index is 1.45. The number of rotatable bonds is 5. The number of halogens is 4. The molecule has 13 heteroatoms. The molecule has 0 aliphatic rings. The first-order valence-electron chi connectivity index (χ1n) is 9.89. The smallest absolute Gasteiger partial charge is 0.417 e. The number of nitrogens with one attached hydrogen (secondary N) is 3. The van der Waals surface area contributed by atoms with Crippen LogP contribution in [-0.2, 0) is 13.2 Å². The van der Waals surface area contributed by atoms with E-state index in [2.05, 4.69) is 15.4 Å². The van der Waals surface area contributed by atoms with Crippen LogP contribution in [0.1, 0.15) is 5.56 Å². The molecular formula is C22H16F4N6O3. The molecule has 4 rings (SSSR count). The molecule has 0 saturated heterocycles. The van der Waals surface area contributed by atoms with Crippen molar-refractivity contribution in [3.8, 4) is 22.8 Å². The van der Waals surface area contributed by atoms with E-state index in [4.69, 9.17) is 4.74 Å². The topological polar surface area (TPSA) is 114 Å². The van der Waals surface area contributed by atoms with Crippen LogP contribution in [0.15, 0.2) is 66.0 Å². The third kappa shape index (κ3) is 5.63. The summed E-state index contributed by atoms with van der Waals surface area (Å²) in [5.74, 6) is -0.385. The molecule has 3 aromatic heterocycles. The summed E-state index contributed by atoms with van der Waals surface area (Å²) in [5.41, 5.74) is -1.71. The number of ether oxygens (including phenoxy) is 1. The van der Waals surface area contributed by atoms with Gasteiger partial charge in [-0.1, -0.05) is 0 Å². The number of aromatic nitrogens is 4. The number of aryl methyl sites for hydroxylation is 1. The number of aromatic amines is 1. The molecule has 0 aliphatic heterocycles. The summed E-state index contributed by atoms with van der Waals surface area (Å²) >= 11 is 0. The quantitative estimate of drug-likeness (QED) is 0.351. The molecule has 2 amide bonds. The first-order valence-corrected chi connectivity index (χ1v) is 9.89. The molecular weight excluding hydrogens is 472 g/mol. The van der Waals surface area contributed by atoms with Crippen LogP contribution in [0, 0.1) is 5.82 Å². The maximum absolute atomic E-state index is 14.5. The normalized spacial score (nSPS) is 11.2. The molecule has 0 bridgehead atoms. The van der Waals surface area contributed by atoms with Gasteiger partial charge in [-0.25, -0.2) is 9.18 Å². The summed E-state index contributed by atoms with van der Waals surface area (Å²) in [6, 6.07) is 6.16. The van der Waals surface area contributed by atoms with Crippen LogP contribution < -0.4 is 20.9 Å². The lowest BCUT2D eigenvalue weighted by Gasteiger charge is -2.11. The second kappa shape index (κ2) is 9.29. The molecule has 180 valence electrons. The van der Waals surface area contributed by atoms with Crippen LogP contribution in [-0.4, -0.2) is 25.8 Å². The van der Waals surface area contributed by atoms with Gasteiger partial charge in [-0.05, 0) is 24.3 Å². The molecule has 3 heterocycles. The zero-order valence-electron chi connectivity index (χ0n) is 17.9. The Morgan fingerprint density at radius 2 is 1.83 bits per heavy atom. The van der Waals surface area contributed by atoms with Crippen LogP contribution in [0.3, 0.4) is 0 Å². The predicted molar refractivity (Wildman–Crippen MR) is 118 cm³/mol. The van der Waals surface area contributed by atoms with Crippen molar-refractivity contribution in [2.75, 3.05) is 10.6 Å². The highest BCUT2D eigenvalue weighted by Gasteiger charge is 2.31. The van der Waals surface area contributed by atoms with Crippen LogP contribution >= 0.6 is 0 Å². The van der Waals surface area contributed by atoms with E-state index in [-0.39, 0.29) is 11.4 Å². The second-order valence-corrected chi connectivity index (χ2v) is 7.23. The van der Waals surface area contributed by atoms with Crippen LogP contribution in [0.4, 0.5) is 33.7 Å². The van der Waals surface area contributed by atoms with Gasteiger partial charge in [-0.15, -0.1) is 0 Å². The Morgan fingerprint density at radius 1 is 1.09 bits per heavy atom. The van der Waals surface area contributed by atoms with E-state index in [1.807, 2.05) is 10.3 Å². The minimum atomic E-state index is -4.73. The van der Waals surface area contributed by atoms with E-state index in [1.165, 1.54) is 18.3 Å². The average molecular weight is 488 g/mol. The van der Waals surface area contributed by atoms with Crippen LogP contribution in [0.5, 0.6) is 11.5 Å². The molecule has 3 N–H and O–H groups in total. The number of hydrogen-bond acceptors (Lipinski definition) is 5. The lowest BCUT2D eigenvalue weighted by atomic mass is 10.2. The fourth-order valence-electron chi connectivity index (χ4n) is 3.00.